The van der Waals surface area contributed by atoms with E-state index in [1.54, 1.807) is 0 Å². The van der Waals surface area contributed by atoms with E-state index in [0.29, 0.717) is 33.0 Å². The normalized spacial score (nSPS) is 10.6. The number of halogens is 1. The Bertz CT molecular complexity index is 649. The van der Waals surface area contributed by atoms with Gasteiger partial charge < -0.3 is 18.9 Å². The third-order valence-electron chi connectivity index (χ3n) is 3.51. The molecule has 0 atom stereocenters. The summed E-state index contributed by atoms with van der Waals surface area (Å²) in [4.78, 5) is 0. The van der Waals surface area contributed by atoms with Crippen molar-refractivity contribution >= 4 is 15.9 Å². The van der Waals surface area contributed by atoms with E-state index in [4.69, 9.17) is 18.9 Å². The Labute approximate surface area is 158 Å². The lowest BCUT2D eigenvalue weighted by atomic mass is 10.1. The summed E-state index contributed by atoms with van der Waals surface area (Å²) in [5, 5.41) is 0. The van der Waals surface area contributed by atoms with Crippen LogP contribution in [0.2, 0.25) is 0 Å². The van der Waals surface area contributed by atoms with Gasteiger partial charge in [-0.25, -0.2) is 0 Å². The molecule has 0 unspecified atom stereocenters. The largest absolute Gasteiger partial charge is 0.494 e. The van der Waals surface area contributed by atoms with Gasteiger partial charge in [-0.3, -0.25) is 0 Å². The second-order valence-corrected chi connectivity index (χ2v) is 6.50. The Hall–Kier alpha value is -1.72. The van der Waals surface area contributed by atoms with Gasteiger partial charge in [0.15, 0.2) is 0 Å². The van der Waals surface area contributed by atoms with E-state index >= 15 is 0 Å². The third kappa shape index (κ3) is 6.59. The van der Waals surface area contributed by atoms with Crippen molar-refractivity contribution in [3.8, 4) is 17.2 Å². The van der Waals surface area contributed by atoms with Crippen molar-refractivity contribution < 1.29 is 18.9 Å². The molecule has 0 saturated heterocycles. The molecule has 0 spiro atoms. The summed E-state index contributed by atoms with van der Waals surface area (Å²) in [7, 11) is 0. The number of benzene rings is 2. The van der Waals surface area contributed by atoms with Crippen LogP contribution in [0.3, 0.4) is 0 Å². The van der Waals surface area contributed by atoms with Crippen molar-refractivity contribution in [1.29, 1.82) is 0 Å². The maximum absolute atomic E-state index is 5.83. The van der Waals surface area contributed by atoms with Crippen molar-refractivity contribution in [2.75, 3.05) is 33.0 Å². The zero-order valence-corrected chi connectivity index (χ0v) is 16.6. The molecule has 0 N–H and O–H groups in total. The molecule has 0 heterocycles. The first kappa shape index (κ1) is 19.6. The Kier molecular flexibility index (Phi) is 8.09. The summed E-state index contributed by atoms with van der Waals surface area (Å²) in [6, 6.07) is 11.7. The van der Waals surface area contributed by atoms with E-state index in [-0.39, 0.29) is 0 Å². The van der Waals surface area contributed by atoms with E-state index in [2.05, 4.69) is 15.9 Å². The molecule has 0 radical (unpaired) electrons. The van der Waals surface area contributed by atoms with Gasteiger partial charge >= 0.3 is 0 Å². The van der Waals surface area contributed by atoms with Crippen LogP contribution in [0.25, 0.3) is 0 Å². The number of rotatable bonds is 10. The summed E-state index contributed by atoms with van der Waals surface area (Å²) in [6.45, 7) is 8.73. The first-order chi connectivity index (χ1) is 12.1. The highest BCUT2D eigenvalue weighted by Crippen LogP contribution is 2.27. The fourth-order valence-corrected chi connectivity index (χ4v) is 3.16. The van der Waals surface area contributed by atoms with Crippen molar-refractivity contribution in [2.24, 2.45) is 0 Å². The van der Waals surface area contributed by atoms with Crippen LogP contribution in [-0.2, 0) is 4.74 Å². The average molecular weight is 409 g/mol. The lowest BCUT2D eigenvalue weighted by Crippen LogP contribution is -2.12. The van der Waals surface area contributed by atoms with Crippen LogP contribution in [0.5, 0.6) is 17.2 Å². The van der Waals surface area contributed by atoms with Gasteiger partial charge in [0.25, 0.3) is 0 Å². The second-order valence-electron chi connectivity index (χ2n) is 5.59. The van der Waals surface area contributed by atoms with Crippen LogP contribution in [0.1, 0.15) is 18.1 Å². The maximum Gasteiger partial charge on any atom is 0.125 e. The number of aryl methyl sites for hydroxylation is 2. The minimum Gasteiger partial charge on any atom is -0.494 e. The van der Waals surface area contributed by atoms with Crippen LogP contribution < -0.4 is 14.2 Å². The zero-order valence-electron chi connectivity index (χ0n) is 15.0. The molecule has 0 aliphatic heterocycles. The molecule has 0 aromatic heterocycles. The van der Waals surface area contributed by atoms with E-state index in [9.17, 15) is 0 Å². The SMILES string of the molecule is CCOc1cccc(OCCOCCOc2c(C)cc(Br)cc2C)c1. The molecule has 2 aromatic rings. The van der Waals surface area contributed by atoms with E-state index in [1.807, 2.05) is 57.2 Å². The van der Waals surface area contributed by atoms with E-state index in [0.717, 1.165) is 32.8 Å². The zero-order chi connectivity index (χ0) is 18.1. The van der Waals surface area contributed by atoms with Crippen LogP contribution in [0, 0.1) is 13.8 Å². The Morgan fingerprint density at radius 2 is 1.40 bits per heavy atom. The van der Waals surface area contributed by atoms with Crippen molar-refractivity contribution in [3.05, 3.63) is 52.0 Å². The van der Waals surface area contributed by atoms with Crippen molar-refractivity contribution in [2.45, 2.75) is 20.8 Å². The number of hydrogen-bond acceptors (Lipinski definition) is 4. The highest BCUT2D eigenvalue weighted by molar-refractivity contribution is 9.10. The first-order valence-corrected chi connectivity index (χ1v) is 9.22. The smallest absolute Gasteiger partial charge is 0.125 e. The summed E-state index contributed by atoms with van der Waals surface area (Å²) in [5.41, 5.74) is 2.23. The van der Waals surface area contributed by atoms with Crippen molar-refractivity contribution in [3.63, 3.8) is 0 Å². The molecule has 136 valence electrons. The molecule has 4 nitrogen and oxygen atoms in total. The predicted molar refractivity (Wildman–Crippen MR) is 103 cm³/mol. The van der Waals surface area contributed by atoms with Gasteiger partial charge in [-0.2, -0.15) is 0 Å². The maximum atomic E-state index is 5.83. The minimum atomic E-state index is 0.492. The second kappa shape index (κ2) is 10.3. The van der Waals surface area contributed by atoms with Gasteiger partial charge in [0.2, 0.25) is 0 Å². The summed E-state index contributed by atoms with van der Waals surface area (Å²) < 4.78 is 23.6. The molecule has 5 heteroatoms. The Morgan fingerprint density at radius 3 is 2.04 bits per heavy atom. The minimum absolute atomic E-state index is 0.492. The molecule has 25 heavy (non-hydrogen) atoms. The lowest BCUT2D eigenvalue weighted by molar-refractivity contribution is 0.0760. The molecule has 0 bridgehead atoms. The van der Waals surface area contributed by atoms with Gasteiger partial charge in [-0.1, -0.05) is 22.0 Å². The van der Waals surface area contributed by atoms with Crippen LogP contribution in [0.4, 0.5) is 0 Å². The highest BCUT2D eigenvalue weighted by atomic mass is 79.9. The quantitative estimate of drug-likeness (QED) is 0.521. The molecule has 0 aliphatic carbocycles. The highest BCUT2D eigenvalue weighted by Gasteiger charge is 2.05. The first-order valence-electron chi connectivity index (χ1n) is 8.43. The topological polar surface area (TPSA) is 36.9 Å². The van der Waals surface area contributed by atoms with Gasteiger partial charge in [0.1, 0.15) is 30.5 Å². The van der Waals surface area contributed by atoms with Crippen LogP contribution >= 0.6 is 15.9 Å². The monoisotopic (exact) mass is 408 g/mol. The molecule has 0 aliphatic rings. The van der Waals surface area contributed by atoms with Gasteiger partial charge in [-0.05, 0) is 56.2 Å². The van der Waals surface area contributed by atoms with Crippen molar-refractivity contribution in [1.82, 2.24) is 0 Å². The number of ether oxygens (including phenoxy) is 4. The molecule has 2 rings (SSSR count). The summed E-state index contributed by atoms with van der Waals surface area (Å²) >= 11 is 3.49. The van der Waals surface area contributed by atoms with Crippen LogP contribution in [0.15, 0.2) is 40.9 Å². The molecule has 0 fully saturated rings. The van der Waals surface area contributed by atoms with Gasteiger partial charge in [0.05, 0.1) is 19.8 Å². The summed E-state index contributed by atoms with van der Waals surface area (Å²) in [5.74, 6) is 2.53. The molecular formula is C20H25BrO4. The summed E-state index contributed by atoms with van der Waals surface area (Å²) in [6.07, 6.45) is 0. The fraction of sp³-hybridized carbons (Fsp3) is 0.400. The fourth-order valence-electron chi connectivity index (χ4n) is 2.47. The molecular weight excluding hydrogens is 384 g/mol. The number of hydrogen-bond donors (Lipinski definition) is 0. The van der Waals surface area contributed by atoms with E-state index < -0.39 is 0 Å². The molecule has 0 saturated carbocycles. The predicted octanol–water partition coefficient (Wildman–Crippen LogP) is 4.94. The Balaban J connectivity index is 1.63. The van der Waals surface area contributed by atoms with Gasteiger partial charge in [-0.15, -0.1) is 0 Å². The molecule has 0 amide bonds. The Morgan fingerprint density at radius 1 is 0.800 bits per heavy atom. The molecule has 2 aromatic carbocycles. The van der Waals surface area contributed by atoms with E-state index in [1.165, 1.54) is 0 Å². The average Bonchev–Trinajstić information content (AvgIpc) is 2.56. The van der Waals surface area contributed by atoms with Crippen LogP contribution in [-0.4, -0.2) is 33.0 Å². The lowest BCUT2D eigenvalue weighted by Gasteiger charge is -2.13. The third-order valence-corrected chi connectivity index (χ3v) is 3.97. The van der Waals surface area contributed by atoms with Gasteiger partial charge in [0, 0.05) is 10.5 Å². The standard InChI is InChI=1S/C20H25BrO4/c1-4-23-18-6-5-7-19(14-18)24-10-8-22-9-11-25-20-15(2)12-17(21)13-16(20)3/h5-7,12-14H,4,8-11H2,1-3H3.